The summed E-state index contributed by atoms with van der Waals surface area (Å²) in [5.41, 5.74) is 6.19. The van der Waals surface area contributed by atoms with Crippen LogP contribution in [0.5, 0.6) is 0 Å². The number of imidazole rings is 1. The molecule has 4 nitrogen and oxygen atoms in total. The minimum absolute atomic E-state index is 0.419. The van der Waals surface area contributed by atoms with Crippen LogP contribution in [0.25, 0.3) is 11.0 Å². The predicted molar refractivity (Wildman–Crippen MR) is 77.7 cm³/mol. The molecular weight excluding hydrogens is 285 g/mol. The highest BCUT2D eigenvalue weighted by atomic mass is 35.5. The van der Waals surface area contributed by atoms with Gasteiger partial charge in [-0.25, -0.2) is 4.98 Å². The van der Waals surface area contributed by atoms with E-state index in [1.807, 2.05) is 10.6 Å². The van der Waals surface area contributed by atoms with Crippen molar-refractivity contribution in [1.29, 1.82) is 0 Å². The lowest BCUT2D eigenvalue weighted by Gasteiger charge is -2.25. The second kappa shape index (κ2) is 5.02. The summed E-state index contributed by atoms with van der Waals surface area (Å²) in [6, 6.07) is 5.37. The summed E-state index contributed by atoms with van der Waals surface area (Å²) >= 11 is 11.8. The smallest absolute Gasteiger partial charge is 0.243 e. The minimum atomic E-state index is -0.871. The molecule has 0 unspecified atom stereocenters. The predicted octanol–water partition coefficient (Wildman–Crippen LogP) is 2.69. The Labute approximate surface area is 121 Å². The summed E-state index contributed by atoms with van der Waals surface area (Å²) in [6.45, 7) is 3.53. The highest BCUT2D eigenvalue weighted by molar-refractivity contribution is 6.31. The van der Waals surface area contributed by atoms with Crippen LogP contribution in [0, 0.1) is 0 Å². The van der Waals surface area contributed by atoms with Crippen molar-refractivity contribution >= 4 is 40.1 Å². The fourth-order valence-corrected chi connectivity index (χ4v) is 2.42. The maximum Gasteiger partial charge on any atom is 0.243 e. The molecular formula is C13H15Cl2N3O. The summed E-state index contributed by atoms with van der Waals surface area (Å²) in [4.78, 5) is 16.2. The fraction of sp³-hybridized carbons (Fsp3) is 0.385. The monoisotopic (exact) mass is 299 g/mol. The largest absolute Gasteiger partial charge is 0.368 e. The minimum Gasteiger partial charge on any atom is -0.368 e. The van der Waals surface area contributed by atoms with Gasteiger partial charge in [-0.1, -0.05) is 11.6 Å². The lowest BCUT2D eigenvalue weighted by molar-refractivity contribution is -0.125. The molecule has 6 heteroatoms. The van der Waals surface area contributed by atoms with Crippen LogP contribution in [0.2, 0.25) is 5.02 Å². The van der Waals surface area contributed by atoms with E-state index in [0.717, 1.165) is 16.9 Å². The Morgan fingerprint density at radius 1 is 1.47 bits per heavy atom. The van der Waals surface area contributed by atoms with E-state index in [-0.39, 0.29) is 0 Å². The number of hydrogen-bond acceptors (Lipinski definition) is 2. The molecule has 0 bridgehead atoms. The first-order valence-electron chi connectivity index (χ1n) is 5.91. The number of carbonyl (C=O) groups excluding carboxylic acids is 1. The summed E-state index contributed by atoms with van der Waals surface area (Å²) in [6.07, 6.45) is 0.560. The maximum atomic E-state index is 11.7. The Hall–Kier alpha value is -1.26. The number of rotatable bonds is 4. The number of alkyl halides is 1. The number of nitrogens with zero attached hydrogens (tertiary/aromatic N) is 2. The third-order valence-electron chi connectivity index (χ3n) is 3.17. The first-order valence-corrected chi connectivity index (χ1v) is 6.82. The van der Waals surface area contributed by atoms with Crippen LogP contribution >= 0.6 is 23.2 Å². The van der Waals surface area contributed by atoms with Gasteiger partial charge in [-0.15, -0.1) is 11.6 Å². The quantitative estimate of drug-likeness (QED) is 0.882. The number of primary amides is 1. The van der Waals surface area contributed by atoms with E-state index < -0.39 is 11.4 Å². The molecule has 1 aromatic carbocycles. The number of aryl methyl sites for hydroxylation is 1. The Balaban J connectivity index is 2.75. The first kappa shape index (κ1) is 14.2. The van der Waals surface area contributed by atoms with Gasteiger partial charge in [-0.05, 0) is 32.0 Å². The molecule has 0 atom stereocenters. The van der Waals surface area contributed by atoms with Gasteiger partial charge in [0.2, 0.25) is 5.91 Å². The summed E-state index contributed by atoms with van der Waals surface area (Å²) < 4.78 is 1.84. The number of benzene rings is 1. The Morgan fingerprint density at radius 3 is 2.74 bits per heavy atom. The molecule has 0 aliphatic rings. The van der Waals surface area contributed by atoms with E-state index in [4.69, 9.17) is 28.9 Å². The van der Waals surface area contributed by atoms with Crippen molar-refractivity contribution in [2.75, 3.05) is 5.88 Å². The van der Waals surface area contributed by atoms with Crippen molar-refractivity contribution in [3.8, 4) is 0 Å². The van der Waals surface area contributed by atoms with Crippen LogP contribution in [0.4, 0.5) is 0 Å². The highest BCUT2D eigenvalue weighted by Crippen LogP contribution is 2.27. The number of carbonyl (C=O) groups is 1. The zero-order chi connectivity index (χ0) is 14.2. The lowest BCUT2D eigenvalue weighted by Crippen LogP contribution is -2.42. The van der Waals surface area contributed by atoms with Crippen LogP contribution in [0.3, 0.4) is 0 Å². The van der Waals surface area contributed by atoms with Gasteiger partial charge in [-0.3, -0.25) is 4.79 Å². The molecule has 0 radical (unpaired) electrons. The molecule has 0 fully saturated rings. The van der Waals surface area contributed by atoms with Crippen LogP contribution in [-0.4, -0.2) is 21.3 Å². The van der Waals surface area contributed by atoms with E-state index in [1.165, 1.54) is 0 Å². The molecule has 1 aromatic heterocycles. The number of fused-ring (bicyclic) bond motifs is 1. The molecule has 0 saturated carbocycles. The normalized spacial score (nSPS) is 12.0. The van der Waals surface area contributed by atoms with Gasteiger partial charge in [0.1, 0.15) is 11.4 Å². The molecule has 0 aliphatic carbocycles. The van der Waals surface area contributed by atoms with Gasteiger partial charge in [0.15, 0.2) is 0 Å². The van der Waals surface area contributed by atoms with E-state index >= 15 is 0 Å². The topological polar surface area (TPSA) is 60.9 Å². The molecule has 0 spiro atoms. The van der Waals surface area contributed by atoms with Crippen LogP contribution < -0.4 is 5.73 Å². The number of halogens is 2. The zero-order valence-corrected chi connectivity index (χ0v) is 12.3. The van der Waals surface area contributed by atoms with Crippen LogP contribution in [-0.2, 0) is 16.8 Å². The summed E-state index contributed by atoms with van der Waals surface area (Å²) in [7, 11) is 0. The van der Waals surface area contributed by atoms with Gasteiger partial charge in [-0.2, -0.15) is 0 Å². The molecule has 0 aliphatic heterocycles. The summed E-state index contributed by atoms with van der Waals surface area (Å²) in [5, 5.41) is 0.603. The molecule has 1 amide bonds. The number of aromatic nitrogens is 2. The molecule has 2 N–H and O–H groups in total. The average molecular weight is 300 g/mol. The van der Waals surface area contributed by atoms with Gasteiger partial charge in [0.25, 0.3) is 0 Å². The van der Waals surface area contributed by atoms with E-state index in [1.54, 1.807) is 26.0 Å². The lowest BCUT2D eigenvalue weighted by atomic mass is 10.0. The molecule has 2 rings (SSSR count). The standard InChI is InChI=1S/C13H15Cl2N3O/c1-13(2,12(16)19)18-10-4-3-8(15)7-9(10)17-11(18)5-6-14/h3-4,7H,5-6H2,1-2H3,(H2,16,19). The van der Waals surface area contributed by atoms with Crippen molar-refractivity contribution in [3.63, 3.8) is 0 Å². The zero-order valence-electron chi connectivity index (χ0n) is 10.8. The molecule has 0 saturated heterocycles. The van der Waals surface area contributed by atoms with E-state index in [0.29, 0.717) is 17.3 Å². The second-order valence-electron chi connectivity index (χ2n) is 4.86. The van der Waals surface area contributed by atoms with Gasteiger partial charge < -0.3 is 10.3 Å². The van der Waals surface area contributed by atoms with Gasteiger partial charge in [0.05, 0.1) is 11.0 Å². The molecule has 19 heavy (non-hydrogen) atoms. The van der Waals surface area contributed by atoms with E-state index in [9.17, 15) is 4.79 Å². The maximum absolute atomic E-state index is 11.7. The van der Waals surface area contributed by atoms with Crippen molar-refractivity contribution in [2.24, 2.45) is 5.73 Å². The molecule has 1 heterocycles. The van der Waals surface area contributed by atoms with Crippen LogP contribution in [0.1, 0.15) is 19.7 Å². The second-order valence-corrected chi connectivity index (χ2v) is 5.67. The first-order chi connectivity index (χ1) is 8.87. The van der Waals surface area contributed by atoms with Crippen molar-refractivity contribution in [1.82, 2.24) is 9.55 Å². The Morgan fingerprint density at radius 2 is 2.16 bits per heavy atom. The van der Waals surface area contributed by atoms with Gasteiger partial charge >= 0.3 is 0 Å². The van der Waals surface area contributed by atoms with Crippen molar-refractivity contribution in [2.45, 2.75) is 25.8 Å². The van der Waals surface area contributed by atoms with Crippen molar-refractivity contribution in [3.05, 3.63) is 29.0 Å². The fourth-order valence-electron chi connectivity index (χ4n) is 2.09. The molecule has 102 valence electrons. The number of hydrogen-bond donors (Lipinski definition) is 1. The SMILES string of the molecule is CC(C)(C(N)=O)n1c(CCCl)nc2cc(Cl)ccc21. The third kappa shape index (κ3) is 2.42. The van der Waals surface area contributed by atoms with Crippen LogP contribution in [0.15, 0.2) is 18.2 Å². The van der Waals surface area contributed by atoms with Crippen molar-refractivity contribution < 1.29 is 4.79 Å². The van der Waals surface area contributed by atoms with E-state index in [2.05, 4.69) is 4.98 Å². The number of amides is 1. The number of nitrogens with two attached hydrogens (primary N) is 1. The summed E-state index contributed by atoms with van der Waals surface area (Å²) in [5.74, 6) is 0.736. The van der Waals surface area contributed by atoms with Gasteiger partial charge in [0, 0.05) is 17.3 Å². The average Bonchev–Trinajstić information content (AvgIpc) is 2.66. The molecule has 2 aromatic rings. The third-order valence-corrected chi connectivity index (χ3v) is 3.59. The highest BCUT2D eigenvalue weighted by Gasteiger charge is 2.31. The Kier molecular flexibility index (Phi) is 3.74. The Bertz CT molecular complexity index is 634.